The molecule has 1 rings (SSSR count). The Kier molecular flexibility index (Phi) is 7.48. The van der Waals surface area contributed by atoms with Crippen molar-refractivity contribution in [3.8, 4) is 5.75 Å². The maximum absolute atomic E-state index is 11.9. The number of ether oxygens (including phenoxy) is 2. The molecule has 0 fully saturated rings. The molecule has 21 heavy (non-hydrogen) atoms. The monoisotopic (exact) mass is 369 g/mol. The summed E-state index contributed by atoms with van der Waals surface area (Å²) in [6.07, 6.45) is -3.87. The van der Waals surface area contributed by atoms with E-state index < -0.39 is 12.8 Å². The molecule has 120 valence electrons. The quantitative estimate of drug-likeness (QED) is 0.700. The summed E-state index contributed by atoms with van der Waals surface area (Å²) in [6.45, 7) is 1.12. The second-order valence-corrected chi connectivity index (χ2v) is 5.48. The summed E-state index contributed by atoms with van der Waals surface area (Å²) >= 11 is 3.40. The van der Waals surface area contributed by atoms with E-state index in [4.69, 9.17) is 4.74 Å². The van der Waals surface area contributed by atoms with E-state index in [0.29, 0.717) is 13.0 Å². The minimum absolute atomic E-state index is 0.0208. The topological polar surface area (TPSA) is 30.5 Å². The standard InChI is InChI=1S/C14H19BrF3NO2/c1-10(19-2)12-8-11(15)4-5-13(12)21-7-3-6-20-9-14(16,17)18/h4-5,8,10,19H,3,6-7,9H2,1-2H3. The largest absolute Gasteiger partial charge is 0.493 e. The van der Waals surface area contributed by atoms with E-state index in [1.54, 1.807) is 0 Å². The number of halogens is 4. The smallest absolute Gasteiger partial charge is 0.411 e. The molecule has 1 unspecified atom stereocenters. The Labute approximate surface area is 130 Å². The molecule has 0 aliphatic heterocycles. The maximum atomic E-state index is 11.9. The van der Waals surface area contributed by atoms with Crippen LogP contribution in [0.25, 0.3) is 0 Å². The van der Waals surface area contributed by atoms with Crippen LogP contribution in [0.2, 0.25) is 0 Å². The first-order chi connectivity index (χ1) is 9.83. The van der Waals surface area contributed by atoms with Crippen LogP contribution in [-0.4, -0.2) is 33.0 Å². The minimum Gasteiger partial charge on any atom is -0.493 e. The molecular weight excluding hydrogens is 351 g/mol. The molecule has 3 nitrogen and oxygen atoms in total. The van der Waals surface area contributed by atoms with Crippen LogP contribution in [-0.2, 0) is 4.74 Å². The van der Waals surface area contributed by atoms with Gasteiger partial charge in [0.25, 0.3) is 0 Å². The highest BCUT2D eigenvalue weighted by molar-refractivity contribution is 9.10. The van der Waals surface area contributed by atoms with E-state index in [1.165, 1.54) is 0 Å². The van der Waals surface area contributed by atoms with Crippen LogP contribution in [0.1, 0.15) is 24.9 Å². The minimum atomic E-state index is -4.28. The summed E-state index contributed by atoms with van der Waals surface area (Å²) in [6, 6.07) is 5.76. The van der Waals surface area contributed by atoms with Gasteiger partial charge in [0.05, 0.1) is 13.2 Å². The van der Waals surface area contributed by atoms with Crippen LogP contribution in [0.4, 0.5) is 13.2 Å². The average molecular weight is 370 g/mol. The molecule has 1 aromatic carbocycles. The van der Waals surface area contributed by atoms with Crippen molar-refractivity contribution in [3.63, 3.8) is 0 Å². The lowest BCUT2D eigenvalue weighted by Crippen LogP contribution is -2.18. The van der Waals surface area contributed by atoms with Gasteiger partial charge in [-0.25, -0.2) is 0 Å². The predicted molar refractivity (Wildman–Crippen MR) is 78.6 cm³/mol. The van der Waals surface area contributed by atoms with Gasteiger partial charge >= 0.3 is 6.18 Å². The second kappa shape index (κ2) is 8.60. The summed E-state index contributed by atoms with van der Waals surface area (Å²) in [5, 5.41) is 3.13. The van der Waals surface area contributed by atoms with E-state index >= 15 is 0 Å². The van der Waals surface area contributed by atoms with E-state index in [0.717, 1.165) is 15.8 Å². The van der Waals surface area contributed by atoms with Gasteiger partial charge in [0, 0.05) is 22.5 Å². The van der Waals surface area contributed by atoms with Gasteiger partial charge in [0.1, 0.15) is 12.4 Å². The van der Waals surface area contributed by atoms with Crippen molar-refractivity contribution in [2.75, 3.05) is 26.9 Å². The summed E-state index contributed by atoms with van der Waals surface area (Å²) in [5.74, 6) is 0.718. The molecule has 0 aliphatic carbocycles. The SMILES string of the molecule is CNC(C)c1cc(Br)ccc1OCCCOCC(F)(F)F. The number of alkyl halides is 3. The van der Waals surface area contributed by atoms with Crippen LogP contribution >= 0.6 is 15.9 Å². The number of hydrogen-bond donors (Lipinski definition) is 1. The van der Waals surface area contributed by atoms with E-state index in [9.17, 15) is 13.2 Å². The summed E-state index contributed by atoms with van der Waals surface area (Å²) < 4.78 is 46.7. The van der Waals surface area contributed by atoms with Crippen molar-refractivity contribution >= 4 is 15.9 Å². The second-order valence-electron chi connectivity index (χ2n) is 4.56. The Bertz CT molecular complexity index is 441. The molecule has 0 heterocycles. The maximum Gasteiger partial charge on any atom is 0.411 e. The van der Waals surface area contributed by atoms with Gasteiger partial charge in [0.15, 0.2) is 0 Å². The van der Waals surface area contributed by atoms with Gasteiger partial charge < -0.3 is 14.8 Å². The van der Waals surface area contributed by atoms with Gasteiger partial charge in [-0.15, -0.1) is 0 Å². The van der Waals surface area contributed by atoms with E-state index in [2.05, 4.69) is 26.0 Å². The van der Waals surface area contributed by atoms with Crippen LogP contribution in [0.3, 0.4) is 0 Å². The first-order valence-electron chi connectivity index (χ1n) is 6.57. The fraction of sp³-hybridized carbons (Fsp3) is 0.571. The highest BCUT2D eigenvalue weighted by atomic mass is 79.9. The first kappa shape index (κ1) is 18.3. The predicted octanol–water partition coefficient (Wildman–Crippen LogP) is 4.08. The highest BCUT2D eigenvalue weighted by Crippen LogP contribution is 2.28. The van der Waals surface area contributed by atoms with Gasteiger partial charge in [-0.1, -0.05) is 15.9 Å². The zero-order valence-electron chi connectivity index (χ0n) is 12.0. The number of rotatable bonds is 8. The fourth-order valence-electron chi connectivity index (χ4n) is 1.68. The molecule has 0 bridgehead atoms. The van der Waals surface area contributed by atoms with Gasteiger partial charge in [0.2, 0.25) is 0 Å². The Morgan fingerprint density at radius 2 is 2.00 bits per heavy atom. The van der Waals surface area contributed by atoms with Crippen molar-refractivity contribution in [2.24, 2.45) is 0 Å². The van der Waals surface area contributed by atoms with Gasteiger partial charge in [-0.3, -0.25) is 0 Å². The lowest BCUT2D eigenvalue weighted by molar-refractivity contribution is -0.174. The highest BCUT2D eigenvalue weighted by Gasteiger charge is 2.27. The zero-order chi connectivity index (χ0) is 15.9. The Morgan fingerprint density at radius 1 is 1.29 bits per heavy atom. The van der Waals surface area contributed by atoms with Gasteiger partial charge in [-0.2, -0.15) is 13.2 Å². The van der Waals surface area contributed by atoms with Gasteiger partial charge in [-0.05, 0) is 32.2 Å². The van der Waals surface area contributed by atoms with Crippen molar-refractivity contribution in [2.45, 2.75) is 25.6 Å². The first-order valence-corrected chi connectivity index (χ1v) is 7.37. The van der Waals surface area contributed by atoms with Crippen LogP contribution in [0.15, 0.2) is 22.7 Å². The molecule has 0 aromatic heterocycles. The summed E-state index contributed by atoms with van der Waals surface area (Å²) in [5.41, 5.74) is 0.989. The van der Waals surface area contributed by atoms with Crippen molar-refractivity contribution in [1.82, 2.24) is 5.32 Å². The lowest BCUT2D eigenvalue weighted by atomic mass is 10.1. The summed E-state index contributed by atoms with van der Waals surface area (Å²) in [7, 11) is 1.85. The third-order valence-corrected chi connectivity index (χ3v) is 3.32. The molecule has 0 spiro atoms. The Balaban J connectivity index is 2.41. The summed E-state index contributed by atoms with van der Waals surface area (Å²) in [4.78, 5) is 0. The lowest BCUT2D eigenvalue weighted by Gasteiger charge is -2.17. The molecular formula is C14H19BrF3NO2. The molecule has 0 saturated heterocycles. The van der Waals surface area contributed by atoms with Crippen LogP contribution in [0, 0.1) is 0 Å². The Morgan fingerprint density at radius 3 is 2.62 bits per heavy atom. The molecule has 1 N–H and O–H groups in total. The van der Waals surface area contributed by atoms with Crippen molar-refractivity contribution in [1.29, 1.82) is 0 Å². The molecule has 0 saturated carbocycles. The van der Waals surface area contributed by atoms with Crippen molar-refractivity contribution < 1.29 is 22.6 Å². The van der Waals surface area contributed by atoms with E-state index in [-0.39, 0.29) is 12.6 Å². The number of hydrogen-bond acceptors (Lipinski definition) is 3. The molecule has 1 atom stereocenters. The molecule has 7 heteroatoms. The average Bonchev–Trinajstić information content (AvgIpc) is 2.41. The molecule has 1 aromatic rings. The Hall–Kier alpha value is -0.790. The van der Waals surface area contributed by atoms with Crippen LogP contribution < -0.4 is 10.1 Å². The molecule has 0 aliphatic rings. The zero-order valence-corrected chi connectivity index (χ0v) is 13.6. The molecule has 0 amide bonds. The number of nitrogens with one attached hydrogen (secondary N) is 1. The number of benzene rings is 1. The normalized spacial score (nSPS) is 13.2. The van der Waals surface area contributed by atoms with E-state index in [1.807, 2.05) is 32.2 Å². The molecule has 0 radical (unpaired) electrons. The van der Waals surface area contributed by atoms with Crippen LogP contribution in [0.5, 0.6) is 5.75 Å². The third kappa shape index (κ3) is 7.15. The van der Waals surface area contributed by atoms with Crippen molar-refractivity contribution in [3.05, 3.63) is 28.2 Å². The fourth-order valence-corrected chi connectivity index (χ4v) is 2.05. The third-order valence-electron chi connectivity index (χ3n) is 2.83.